The summed E-state index contributed by atoms with van der Waals surface area (Å²) in [6.07, 6.45) is 0. The summed E-state index contributed by atoms with van der Waals surface area (Å²) in [6.45, 7) is 5.30. The van der Waals surface area contributed by atoms with E-state index in [2.05, 4.69) is 40.3 Å². The first-order valence-electron chi connectivity index (χ1n) is 7.03. The number of halogens is 1. The molecule has 112 valence electrons. The highest BCUT2D eigenvalue weighted by Crippen LogP contribution is 2.27. The molecule has 2 N–H and O–H groups in total. The van der Waals surface area contributed by atoms with Crippen molar-refractivity contribution in [3.63, 3.8) is 0 Å². The van der Waals surface area contributed by atoms with Crippen LogP contribution in [0.5, 0.6) is 11.5 Å². The lowest BCUT2D eigenvalue weighted by molar-refractivity contribution is 0.317. The van der Waals surface area contributed by atoms with Crippen LogP contribution in [0.4, 0.5) is 0 Å². The van der Waals surface area contributed by atoms with Gasteiger partial charge in [-0.1, -0.05) is 34.1 Å². The molecule has 2 aromatic carbocycles. The van der Waals surface area contributed by atoms with Crippen LogP contribution in [0.15, 0.2) is 46.9 Å². The Balaban J connectivity index is 1.99. The lowest BCUT2D eigenvalue weighted by Crippen LogP contribution is -2.18. The normalized spacial score (nSPS) is 12.1. The molecule has 1 atom stereocenters. The van der Waals surface area contributed by atoms with Crippen molar-refractivity contribution in [2.45, 2.75) is 26.4 Å². The second kappa shape index (κ2) is 7.48. The first kappa shape index (κ1) is 15.9. The van der Waals surface area contributed by atoms with Gasteiger partial charge < -0.3 is 15.2 Å². The van der Waals surface area contributed by atoms with E-state index in [9.17, 15) is 5.11 Å². The first-order chi connectivity index (χ1) is 10.1. The summed E-state index contributed by atoms with van der Waals surface area (Å²) in [4.78, 5) is 0. The number of phenols is 1. The van der Waals surface area contributed by atoms with E-state index in [1.54, 1.807) is 6.07 Å². The van der Waals surface area contributed by atoms with Crippen LogP contribution in [0.25, 0.3) is 0 Å². The van der Waals surface area contributed by atoms with Crippen LogP contribution in [-0.2, 0) is 6.54 Å². The quantitative estimate of drug-likeness (QED) is 0.811. The van der Waals surface area contributed by atoms with Crippen molar-refractivity contribution in [3.05, 3.63) is 58.1 Å². The SMILES string of the molecule is CCOc1cc(CN[C@H](C)c2ccc(Br)cc2)ccc1O. The van der Waals surface area contributed by atoms with Crippen molar-refractivity contribution in [1.82, 2.24) is 5.32 Å². The molecule has 0 radical (unpaired) electrons. The smallest absolute Gasteiger partial charge is 0.161 e. The minimum absolute atomic E-state index is 0.182. The molecule has 0 amide bonds. The minimum atomic E-state index is 0.182. The lowest BCUT2D eigenvalue weighted by atomic mass is 10.1. The Morgan fingerprint density at radius 2 is 1.90 bits per heavy atom. The number of hydrogen-bond acceptors (Lipinski definition) is 3. The molecule has 4 heteroatoms. The van der Waals surface area contributed by atoms with E-state index in [4.69, 9.17) is 4.74 Å². The standard InChI is InChI=1S/C17H20BrNO2/c1-3-21-17-10-13(4-9-16(17)20)11-19-12(2)14-5-7-15(18)8-6-14/h4-10,12,19-20H,3,11H2,1-2H3/t12-/m1/s1. The van der Waals surface area contributed by atoms with Gasteiger partial charge in [0.25, 0.3) is 0 Å². The van der Waals surface area contributed by atoms with Crippen LogP contribution in [0.2, 0.25) is 0 Å². The number of rotatable bonds is 6. The number of phenolic OH excluding ortho intramolecular Hbond substituents is 1. The number of nitrogens with one attached hydrogen (secondary N) is 1. The van der Waals surface area contributed by atoms with E-state index in [1.165, 1.54) is 5.56 Å². The maximum atomic E-state index is 9.70. The largest absolute Gasteiger partial charge is 0.504 e. The molecule has 3 nitrogen and oxygen atoms in total. The number of aromatic hydroxyl groups is 1. The molecular formula is C17H20BrNO2. The molecule has 0 saturated carbocycles. The van der Waals surface area contributed by atoms with Gasteiger partial charge >= 0.3 is 0 Å². The Hall–Kier alpha value is -1.52. The van der Waals surface area contributed by atoms with E-state index in [0.717, 1.165) is 16.6 Å². The summed E-state index contributed by atoms with van der Waals surface area (Å²) in [5.74, 6) is 0.717. The average Bonchev–Trinajstić information content (AvgIpc) is 2.48. The predicted molar refractivity (Wildman–Crippen MR) is 88.7 cm³/mol. The molecule has 21 heavy (non-hydrogen) atoms. The summed E-state index contributed by atoms with van der Waals surface area (Å²) >= 11 is 3.44. The van der Waals surface area contributed by atoms with E-state index in [1.807, 2.05) is 31.2 Å². The Morgan fingerprint density at radius 3 is 2.57 bits per heavy atom. The summed E-state index contributed by atoms with van der Waals surface area (Å²) < 4.78 is 6.48. The number of ether oxygens (including phenoxy) is 1. The summed E-state index contributed by atoms with van der Waals surface area (Å²) in [5, 5.41) is 13.2. The van der Waals surface area contributed by atoms with Gasteiger partial charge in [-0.25, -0.2) is 0 Å². The van der Waals surface area contributed by atoms with Gasteiger partial charge in [0, 0.05) is 17.1 Å². The van der Waals surface area contributed by atoms with Gasteiger partial charge in [-0.05, 0) is 49.2 Å². The van der Waals surface area contributed by atoms with Crippen molar-refractivity contribution >= 4 is 15.9 Å². The topological polar surface area (TPSA) is 41.5 Å². The Morgan fingerprint density at radius 1 is 1.19 bits per heavy atom. The van der Waals surface area contributed by atoms with Crippen LogP contribution < -0.4 is 10.1 Å². The van der Waals surface area contributed by atoms with Gasteiger partial charge in [0.15, 0.2) is 11.5 Å². The van der Waals surface area contributed by atoms with E-state index < -0.39 is 0 Å². The Bertz CT molecular complexity index is 584. The third-order valence-corrected chi connectivity index (χ3v) is 3.84. The van der Waals surface area contributed by atoms with Gasteiger partial charge in [0.2, 0.25) is 0 Å². The highest BCUT2D eigenvalue weighted by atomic mass is 79.9. The molecule has 0 aliphatic heterocycles. The second-order valence-corrected chi connectivity index (χ2v) is 5.80. The van der Waals surface area contributed by atoms with Crippen LogP contribution in [0.1, 0.15) is 31.0 Å². The molecule has 0 unspecified atom stereocenters. The highest BCUT2D eigenvalue weighted by molar-refractivity contribution is 9.10. The fourth-order valence-corrected chi connectivity index (χ4v) is 2.34. The van der Waals surface area contributed by atoms with Crippen LogP contribution >= 0.6 is 15.9 Å². The Kier molecular flexibility index (Phi) is 5.65. The Labute approximate surface area is 134 Å². The minimum Gasteiger partial charge on any atom is -0.504 e. The average molecular weight is 350 g/mol. The highest BCUT2D eigenvalue weighted by Gasteiger charge is 2.07. The summed E-state index contributed by atoms with van der Waals surface area (Å²) in [7, 11) is 0. The molecular weight excluding hydrogens is 330 g/mol. The van der Waals surface area contributed by atoms with E-state index >= 15 is 0 Å². The zero-order valence-corrected chi connectivity index (χ0v) is 13.9. The third kappa shape index (κ3) is 4.48. The van der Waals surface area contributed by atoms with Crippen molar-refractivity contribution in [2.75, 3.05) is 6.61 Å². The predicted octanol–water partition coefficient (Wildman–Crippen LogP) is 4.40. The second-order valence-electron chi connectivity index (χ2n) is 4.89. The van der Waals surface area contributed by atoms with Crippen molar-refractivity contribution in [2.24, 2.45) is 0 Å². The van der Waals surface area contributed by atoms with Crippen molar-refractivity contribution < 1.29 is 9.84 Å². The van der Waals surface area contributed by atoms with Gasteiger partial charge in [-0.15, -0.1) is 0 Å². The molecule has 0 spiro atoms. The summed E-state index contributed by atoms with van der Waals surface area (Å²) in [5.41, 5.74) is 2.32. The molecule has 0 saturated heterocycles. The first-order valence-corrected chi connectivity index (χ1v) is 7.83. The van der Waals surface area contributed by atoms with Crippen LogP contribution in [-0.4, -0.2) is 11.7 Å². The van der Waals surface area contributed by atoms with Gasteiger partial charge in [-0.2, -0.15) is 0 Å². The van der Waals surface area contributed by atoms with Crippen molar-refractivity contribution in [1.29, 1.82) is 0 Å². The van der Waals surface area contributed by atoms with Gasteiger partial charge in [0.05, 0.1) is 6.61 Å². The molecule has 2 rings (SSSR count). The summed E-state index contributed by atoms with van der Waals surface area (Å²) in [6, 6.07) is 14.0. The van der Waals surface area contributed by atoms with Gasteiger partial charge in [-0.3, -0.25) is 0 Å². The zero-order valence-electron chi connectivity index (χ0n) is 12.3. The number of benzene rings is 2. The molecule has 0 aliphatic rings. The molecule has 0 aromatic heterocycles. The third-order valence-electron chi connectivity index (χ3n) is 3.31. The lowest BCUT2D eigenvalue weighted by Gasteiger charge is -2.15. The van der Waals surface area contributed by atoms with Crippen LogP contribution in [0, 0.1) is 0 Å². The molecule has 0 bridgehead atoms. The fraction of sp³-hybridized carbons (Fsp3) is 0.294. The monoisotopic (exact) mass is 349 g/mol. The zero-order chi connectivity index (χ0) is 15.2. The van der Waals surface area contributed by atoms with E-state index in [0.29, 0.717) is 12.4 Å². The van der Waals surface area contributed by atoms with E-state index in [-0.39, 0.29) is 11.8 Å². The molecule has 2 aromatic rings. The van der Waals surface area contributed by atoms with Gasteiger partial charge in [0.1, 0.15) is 0 Å². The maximum Gasteiger partial charge on any atom is 0.161 e. The maximum absolute atomic E-state index is 9.70. The fourth-order valence-electron chi connectivity index (χ4n) is 2.08. The van der Waals surface area contributed by atoms with Crippen LogP contribution in [0.3, 0.4) is 0 Å². The molecule has 0 heterocycles. The molecule has 0 fully saturated rings. The van der Waals surface area contributed by atoms with Crippen molar-refractivity contribution in [3.8, 4) is 11.5 Å². The molecule has 0 aliphatic carbocycles. The number of hydrogen-bond donors (Lipinski definition) is 2.